The lowest BCUT2D eigenvalue weighted by Gasteiger charge is -2.17. The molecule has 0 aromatic heterocycles. The number of rotatable bonds is 5. The first kappa shape index (κ1) is 12.5. The van der Waals surface area contributed by atoms with Crippen molar-refractivity contribution in [2.75, 3.05) is 6.61 Å². The number of aliphatic hydroxyl groups is 1. The normalized spacial score (nSPS) is 11.2. The SMILES string of the molecule is CC(C)(O)CCOc1ccccc1C(N)=O. The molecule has 16 heavy (non-hydrogen) atoms. The van der Waals surface area contributed by atoms with Crippen LogP contribution in [-0.2, 0) is 0 Å². The molecule has 0 aliphatic carbocycles. The van der Waals surface area contributed by atoms with Crippen molar-refractivity contribution < 1.29 is 14.6 Å². The Morgan fingerprint density at radius 1 is 1.44 bits per heavy atom. The van der Waals surface area contributed by atoms with E-state index in [1.54, 1.807) is 38.1 Å². The molecule has 0 saturated carbocycles. The van der Waals surface area contributed by atoms with Gasteiger partial charge in [-0.15, -0.1) is 0 Å². The highest BCUT2D eigenvalue weighted by Gasteiger charge is 2.13. The van der Waals surface area contributed by atoms with Gasteiger partial charge in [-0.3, -0.25) is 4.79 Å². The summed E-state index contributed by atoms with van der Waals surface area (Å²) < 4.78 is 5.41. The Kier molecular flexibility index (Phi) is 3.90. The number of ether oxygens (including phenoxy) is 1. The van der Waals surface area contributed by atoms with Crippen LogP contribution in [0.3, 0.4) is 0 Å². The molecule has 1 aromatic rings. The number of primary amides is 1. The van der Waals surface area contributed by atoms with Crippen LogP contribution in [0.4, 0.5) is 0 Å². The zero-order valence-electron chi connectivity index (χ0n) is 9.56. The van der Waals surface area contributed by atoms with Crippen LogP contribution in [0.5, 0.6) is 5.75 Å². The fourth-order valence-electron chi connectivity index (χ4n) is 1.21. The van der Waals surface area contributed by atoms with Crippen molar-refractivity contribution in [3.63, 3.8) is 0 Å². The summed E-state index contributed by atoms with van der Waals surface area (Å²) in [6, 6.07) is 6.79. The summed E-state index contributed by atoms with van der Waals surface area (Å²) in [6.45, 7) is 3.75. The maximum absolute atomic E-state index is 11.1. The van der Waals surface area contributed by atoms with Gasteiger partial charge in [0, 0.05) is 6.42 Å². The second-order valence-corrected chi connectivity index (χ2v) is 4.27. The second kappa shape index (κ2) is 4.99. The van der Waals surface area contributed by atoms with Crippen molar-refractivity contribution in [2.45, 2.75) is 25.9 Å². The molecule has 0 unspecified atom stereocenters. The van der Waals surface area contributed by atoms with Crippen molar-refractivity contribution in [1.82, 2.24) is 0 Å². The monoisotopic (exact) mass is 223 g/mol. The third kappa shape index (κ3) is 3.90. The van der Waals surface area contributed by atoms with Gasteiger partial charge in [0.05, 0.1) is 17.8 Å². The van der Waals surface area contributed by atoms with E-state index in [1.165, 1.54) is 0 Å². The summed E-state index contributed by atoms with van der Waals surface area (Å²) in [5.41, 5.74) is 4.79. The number of hydrogen-bond acceptors (Lipinski definition) is 3. The molecule has 1 amide bonds. The van der Waals surface area contributed by atoms with Gasteiger partial charge < -0.3 is 15.6 Å². The fraction of sp³-hybridized carbons (Fsp3) is 0.417. The lowest BCUT2D eigenvalue weighted by molar-refractivity contribution is 0.0552. The van der Waals surface area contributed by atoms with Crippen molar-refractivity contribution >= 4 is 5.91 Å². The van der Waals surface area contributed by atoms with Crippen LogP contribution < -0.4 is 10.5 Å². The van der Waals surface area contributed by atoms with Crippen LogP contribution in [0.15, 0.2) is 24.3 Å². The van der Waals surface area contributed by atoms with E-state index in [2.05, 4.69) is 0 Å². The predicted octanol–water partition coefficient (Wildman–Crippen LogP) is 1.33. The van der Waals surface area contributed by atoms with Crippen molar-refractivity contribution in [3.8, 4) is 5.75 Å². The van der Waals surface area contributed by atoms with Gasteiger partial charge in [0.15, 0.2) is 0 Å². The van der Waals surface area contributed by atoms with Crippen molar-refractivity contribution in [3.05, 3.63) is 29.8 Å². The summed E-state index contributed by atoms with van der Waals surface area (Å²) in [6.07, 6.45) is 0.486. The summed E-state index contributed by atoms with van der Waals surface area (Å²) in [4.78, 5) is 11.1. The van der Waals surface area contributed by atoms with Crippen molar-refractivity contribution in [1.29, 1.82) is 0 Å². The Morgan fingerprint density at radius 3 is 2.62 bits per heavy atom. The first-order valence-corrected chi connectivity index (χ1v) is 5.14. The molecular weight excluding hydrogens is 206 g/mol. The quantitative estimate of drug-likeness (QED) is 0.790. The van der Waals surface area contributed by atoms with Gasteiger partial charge in [0.1, 0.15) is 5.75 Å². The summed E-state index contributed by atoms with van der Waals surface area (Å²) in [5, 5.41) is 9.50. The zero-order chi connectivity index (χ0) is 12.2. The van der Waals surface area contributed by atoms with E-state index in [4.69, 9.17) is 10.5 Å². The lowest BCUT2D eigenvalue weighted by atomic mass is 10.1. The molecule has 0 saturated heterocycles. The predicted molar refractivity (Wildman–Crippen MR) is 61.4 cm³/mol. The highest BCUT2D eigenvalue weighted by atomic mass is 16.5. The van der Waals surface area contributed by atoms with Gasteiger partial charge in [-0.1, -0.05) is 12.1 Å². The maximum atomic E-state index is 11.1. The molecule has 4 heteroatoms. The van der Waals surface area contributed by atoms with Gasteiger partial charge in [-0.25, -0.2) is 0 Å². The molecule has 0 fully saturated rings. The first-order chi connectivity index (χ1) is 7.40. The number of carbonyl (C=O) groups excluding carboxylic acids is 1. The van der Waals surface area contributed by atoms with Gasteiger partial charge in [0.25, 0.3) is 5.91 Å². The van der Waals surface area contributed by atoms with Gasteiger partial charge >= 0.3 is 0 Å². The third-order valence-corrected chi connectivity index (χ3v) is 2.12. The standard InChI is InChI=1S/C12H17NO3/c1-12(2,15)7-8-16-10-6-4-3-5-9(10)11(13)14/h3-6,15H,7-8H2,1-2H3,(H2,13,14). The zero-order valence-corrected chi connectivity index (χ0v) is 9.56. The van der Waals surface area contributed by atoms with E-state index in [-0.39, 0.29) is 0 Å². The highest BCUT2D eigenvalue weighted by molar-refractivity contribution is 5.95. The average Bonchev–Trinajstić information content (AvgIpc) is 2.16. The molecule has 0 spiro atoms. The third-order valence-electron chi connectivity index (χ3n) is 2.12. The summed E-state index contributed by atoms with van der Waals surface area (Å²) >= 11 is 0. The molecule has 0 heterocycles. The number of amides is 1. The number of carbonyl (C=O) groups is 1. The van der Waals surface area contributed by atoms with Crippen LogP contribution in [0.25, 0.3) is 0 Å². The average molecular weight is 223 g/mol. The van der Waals surface area contributed by atoms with Gasteiger partial charge in [-0.05, 0) is 26.0 Å². The van der Waals surface area contributed by atoms with E-state index >= 15 is 0 Å². The molecule has 4 nitrogen and oxygen atoms in total. The number of nitrogens with two attached hydrogens (primary N) is 1. The van der Waals surface area contributed by atoms with Crippen LogP contribution in [-0.4, -0.2) is 23.2 Å². The molecule has 1 aromatic carbocycles. The van der Waals surface area contributed by atoms with Crippen molar-refractivity contribution in [2.24, 2.45) is 5.73 Å². The van der Waals surface area contributed by atoms with Gasteiger partial charge in [0.2, 0.25) is 0 Å². The van der Waals surface area contributed by atoms with Crippen LogP contribution >= 0.6 is 0 Å². The number of benzene rings is 1. The Hall–Kier alpha value is -1.55. The van der Waals surface area contributed by atoms with Crippen LogP contribution in [0.1, 0.15) is 30.6 Å². The summed E-state index contributed by atoms with van der Waals surface area (Å²) in [7, 11) is 0. The first-order valence-electron chi connectivity index (χ1n) is 5.14. The minimum Gasteiger partial charge on any atom is -0.493 e. The number of para-hydroxylation sites is 1. The smallest absolute Gasteiger partial charge is 0.252 e. The van der Waals surface area contributed by atoms with E-state index in [0.717, 1.165) is 0 Å². The molecule has 0 radical (unpaired) electrons. The van der Waals surface area contributed by atoms with Crippen LogP contribution in [0.2, 0.25) is 0 Å². The van der Waals surface area contributed by atoms with Crippen LogP contribution in [0, 0.1) is 0 Å². The minimum atomic E-state index is -0.776. The summed E-state index contributed by atoms with van der Waals surface area (Å²) in [5.74, 6) is -0.0573. The molecule has 0 bridgehead atoms. The maximum Gasteiger partial charge on any atom is 0.252 e. The fourth-order valence-corrected chi connectivity index (χ4v) is 1.21. The Bertz CT molecular complexity index is 369. The van der Waals surface area contributed by atoms with Gasteiger partial charge in [-0.2, -0.15) is 0 Å². The molecule has 0 aliphatic heterocycles. The Balaban J connectivity index is 2.64. The molecule has 0 aliphatic rings. The molecule has 0 atom stereocenters. The van der Waals surface area contributed by atoms with E-state index in [9.17, 15) is 9.90 Å². The second-order valence-electron chi connectivity index (χ2n) is 4.27. The largest absolute Gasteiger partial charge is 0.493 e. The molecular formula is C12H17NO3. The molecule has 3 N–H and O–H groups in total. The van der Waals surface area contributed by atoms with E-state index in [0.29, 0.717) is 24.3 Å². The lowest BCUT2D eigenvalue weighted by Crippen LogP contribution is -2.22. The molecule has 1 rings (SSSR count). The highest BCUT2D eigenvalue weighted by Crippen LogP contribution is 2.18. The Morgan fingerprint density at radius 2 is 2.06 bits per heavy atom. The molecule has 88 valence electrons. The van der Waals surface area contributed by atoms with E-state index < -0.39 is 11.5 Å². The number of hydrogen-bond donors (Lipinski definition) is 2. The minimum absolute atomic E-state index is 0.341. The Labute approximate surface area is 95.0 Å². The van der Waals surface area contributed by atoms with E-state index in [1.807, 2.05) is 0 Å². The topological polar surface area (TPSA) is 72.6 Å².